The molecular weight excluding hydrogens is 204 g/mol. The zero-order valence-electron chi connectivity index (χ0n) is 10.5. The Morgan fingerprint density at radius 1 is 1.12 bits per heavy atom. The number of carbonyl (C=O) groups is 1. The molecule has 1 amide bonds. The van der Waals surface area contributed by atoms with Gasteiger partial charge in [-0.15, -0.1) is 0 Å². The molecule has 0 aliphatic carbocycles. The summed E-state index contributed by atoms with van der Waals surface area (Å²) in [5.74, 6) is 0.821. The SMILES string of the molecule is CC1CCN(C=O)CC1.CN1CCOCC1. The minimum atomic E-state index is 0.821. The van der Waals surface area contributed by atoms with Crippen LogP contribution in [0.2, 0.25) is 0 Å². The van der Waals surface area contributed by atoms with E-state index in [2.05, 4.69) is 18.9 Å². The number of hydrogen-bond acceptors (Lipinski definition) is 3. The lowest BCUT2D eigenvalue weighted by Crippen LogP contribution is -2.32. The summed E-state index contributed by atoms with van der Waals surface area (Å²) < 4.78 is 5.10. The summed E-state index contributed by atoms with van der Waals surface area (Å²) in [6, 6.07) is 0. The third-order valence-corrected chi connectivity index (χ3v) is 3.20. The molecule has 0 saturated carbocycles. The molecule has 2 aliphatic rings. The van der Waals surface area contributed by atoms with Crippen LogP contribution in [0.4, 0.5) is 0 Å². The van der Waals surface area contributed by atoms with E-state index in [1.807, 2.05) is 4.90 Å². The number of morpholine rings is 1. The standard InChI is InChI=1S/C7H13NO.C5H11NO/c1-7-2-4-8(6-9)5-3-7;1-6-2-4-7-5-3-6/h6-7H,2-5H2,1H3;2-5H2,1H3. The van der Waals surface area contributed by atoms with Gasteiger partial charge in [-0.25, -0.2) is 0 Å². The van der Waals surface area contributed by atoms with Gasteiger partial charge in [-0.3, -0.25) is 4.79 Å². The number of nitrogens with zero attached hydrogens (tertiary/aromatic N) is 2. The minimum Gasteiger partial charge on any atom is -0.379 e. The summed E-state index contributed by atoms with van der Waals surface area (Å²) in [4.78, 5) is 14.3. The van der Waals surface area contributed by atoms with Crippen molar-refractivity contribution >= 4 is 6.41 Å². The van der Waals surface area contributed by atoms with Crippen LogP contribution in [0, 0.1) is 5.92 Å². The van der Waals surface area contributed by atoms with Crippen molar-refractivity contribution < 1.29 is 9.53 Å². The van der Waals surface area contributed by atoms with Gasteiger partial charge < -0.3 is 14.5 Å². The van der Waals surface area contributed by atoms with Crippen LogP contribution in [0.1, 0.15) is 19.8 Å². The third-order valence-electron chi connectivity index (χ3n) is 3.20. The van der Waals surface area contributed by atoms with E-state index < -0.39 is 0 Å². The fourth-order valence-electron chi connectivity index (χ4n) is 1.79. The summed E-state index contributed by atoms with van der Waals surface area (Å²) in [5.41, 5.74) is 0. The van der Waals surface area contributed by atoms with E-state index in [1.165, 1.54) is 12.8 Å². The van der Waals surface area contributed by atoms with Gasteiger partial charge in [0.15, 0.2) is 0 Å². The molecule has 94 valence electrons. The highest BCUT2D eigenvalue weighted by molar-refractivity contribution is 5.46. The molecule has 2 fully saturated rings. The lowest BCUT2D eigenvalue weighted by atomic mass is 10.00. The molecule has 2 heterocycles. The molecule has 16 heavy (non-hydrogen) atoms. The normalized spacial score (nSPS) is 23.5. The van der Waals surface area contributed by atoms with Crippen LogP contribution < -0.4 is 0 Å². The fourth-order valence-corrected chi connectivity index (χ4v) is 1.79. The Bertz CT molecular complexity index is 185. The van der Waals surface area contributed by atoms with Gasteiger partial charge in [0.05, 0.1) is 13.2 Å². The van der Waals surface area contributed by atoms with Gasteiger partial charge in [0.25, 0.3) is 0 Å². The Balaban J connectivity index is 0.000000165. The minimum absolute atomic E-state index is 0.821. The van der Waals surface area contributed by atoms with Crippen LogP contribution in [0.5, 0.6) is 0 Å². The molecule has 0 atom stereocenters. The fraction of sp³-hybridized carbons (Fsp3) is 0.917. The monoisotopic (exact) mass is 228 g/mol. The summed E-state index contributed by atoms with van der Waals surface area (Å²) in [5, 5.41) is 0. The van der Waals surface area contributed by atoms with Crippen LogP contribution in [-0.2, 0) is 9.53 Å². The van der Waals surface area contributed by atoms with Crippen molar-refractivity contribution in [1.29, 1.82) is 0 Å². The van der Waals surface area contributed by atoms with Crippen LogP contribution in [0.15, 0.2) is 0 Å². The molecule has 2 aliphatic heterocycles. The average Bonchev–Trinajstić information content (AvgIpc) is 2.32. The molecule has 0 aromatic rings. The topological polar surface area (TPSA) is 32.8 Å². The average molecular weight is 228 g/mol. The van der Waals surface area contributed by atoms with E-state index in [1.54, 1.807) is 0 Å². The summed E-state index contributed by atoms with van der Waals surface area (Å²) >= 11 is 0. The van der Waals surface area contributed by atoms with Crippen molar-refractivity contribution in [2.24, 2.45) is 5.92 Å². The number of ether oxygens (including phenoxy) is 1. The number of piperidine rings is 1. The first kappa shape index (κ1) is 13.5. The van der Waals surface area contributed by atoms with E-state index in [9.17, 15) is 4.79 Å². The molecule has 4 nitrogen and oxygen atoms in total. The first-order chi connectivity index (χ1) is 7.72. The van der Waals surface area contributed by atoms with Gasteiger partial charge >= 0.3 is 0 Å². The van der Waals surface area contributed by atoms with Crippen molar-refractivity contribution in [1.82, 2.24) is 9.80 Å². The number of hydrogen-bond donors (Lipinski definition) is 0. The lowest BCUT2D eigenvalue weighted by molar-refractivity contribution is -0.119. The molecule has 0 aromatic carbocycles. The van der Waals surface area contributed by atoms with E-state index in [4.69, 9.17) is 4.74 Å². The first-order valence-corrected chi connectivity index (χ1v) is 6.18. The number of likely N-dealkylation sites (tertiary alicyclic amines) is 1. The largest absolute Gasteiger partial charge is 0.379 e. The number of rotatable bonds is 1. The predicted octanol–water partition coefficient (Wildman–Crippen LogP) is 0.823. The number of amides is 1. The number of carbonyl (C=O) groups excluding carboxylic acids is 1. The summed E-state index contributed by atoms with van der Waals surface area (Å²) in [7, 11) is 2.11. The zero-order chi connectivity index (χ0) is 11.8. The predicted molar refractivity (Wildman–Crippen MR) is 64.4 cm³/mol. The van der Waals surface area contributed by atoms with Gasteiger partial charge in [0.1, 0.15) is 0 Å². The maximum Gasteiger partial charge on any atom is 0.209 e. The smallest absolute Gasteiger partial charge is 0.209 e. The Kier molecular flexibility index (Phi) is 6.42. The lowest BCUT2D eigenvalue weighted by Gasteiger charge is -2.26. The van der Waals surface area contributed by atoms with Crippen molar-refractivity contribution in [2.75, 3.05) is 46.4 Å². The van der Waals surface area contributed by atoms with Gasteiger partial charge in [0, 0.05) is 26.2 Å². The van der Waals surface area contributed by atoms with Crippen molar-refractivity contribution in [3.05, 3.63) is 0 Å². The molecule has 2 saturated heterocycles. The second kappa shape index (κ2) is 7.63. The molecular formula is C12H24N2O2. The molecule has 2 rings (SSSR count). The van der Waals surface area contributed by atoms with Gasteiger partial charge in [-0.2, -0.15) is 0 Å². The molecule has 0 bridgehead atoms. The molecule has 0 spiro atoms. The second-order valence-corrected chi connectivity index (χ2v) is 4.74. The summed E-state index contributed by atoms with van der Waals surface area (Å²) in [6.07, 6.45) is 3.31. The van der Waals surface area contributed by atoms with Crippen molar-refractivity contribution in [3.63, 3.8) is 0 Å². The Hall–Kier alpha value is -0.610. The van der Waals surface area contributed by atoms with Crippen LogP contribution in [-0.4, -0.2) is 62.7 Å². The molecule has 0 N–H and O–H groups in total. The van der Waals surface area contributed by atoms with E-state index in [0.29, 0.717) is 0 Å². The van der Waals surface area contributed by atoms with E-state index in [0.717, 1.165) is 51.7 Å². The van der Waals surface area contributed by atoms with Gasteiger partial charge in [-0.1, -0.05) is 6.92 Å². The van der Waals surface area contributed by atoms with E-state index >= 15 is 0 Å². The maximum absolute atomic E-state index is 10.2. The highest BCUT2D eigenvalue weighted by atomic mass is 16.5. The Labute approximate surface area is 98.5 Å². The third kappa shape index (κ3) is 5.47. The van der Waals surface area contributed by atoms with Crippen LogP contribution in [0.3, 0.4) is 0 Å². The quantitative estimate of drug-likeness (QED) is 0.623. The van der Waals surface area contributed by atoms with Gasteiger partial charge in [0.2, 0.25) is 6.41 Å². The highest BCUT2D eigenvalue weighted by Crippen LogP contribution is 2.13. The Morgan fingerprint density at radius 3 is 2.06 bits per heavy atom. The van der Waals surface area contributed by atoms with Crippen molar-refractivity contribution in [2.45, 2.75) is 19.8 Å². The summed E-state index contributed by atoms with van der Waals surface area (Å²) in [6.45, 7) is 8.18. The van der Waals surface area contributed by atoms with Gasteiger partial charge in [-0.05, 0) is 25.8 Å². The Morgan fingerprint density at radius 2 is 1.69 bits per heavy atom. The van der Waals surface area contributed by atoms with Crippen molar-refractivity contribution in [3.8, 4) is 0 Å². The molecule has 0 unspecified atom stereocenters. The van der Waals surface area contributed by atoms with E-state index in [-0.39, 0.29) is 0 Å². The highest BCUT2D eigenvalue weighted by Gasteiger charge is 2.12. The second-order valence-electron chi connectivity index (χ2n) is 4.74. The number of likely N-dealkylation sites (N-methyl/N-ethyl adjacent to an activating group) is 1. The molecule has 4 heteroatoms. The maximum atomic E-state index is 10.2. The first-order valence-electron chi connectivity index (χ1n) is 6.18. The van der Waals surface area contributed by atoms with Crippen LogP contribution in [0.25, 0.3) is 0 Å². The molecule has 0 radical (unpaired) electrons. The molecule has 0 aromatic heterocycles. The van der Waals surface area contributed by atoms with Crippen LogP contribution >= 0.6 is 0 Å². The zero-order valence-corrected chi connectivity index (χ0v) is 10.5.